The Kier molecular flexibility index (Phi) is 4.06. The molecule has 0 aromatic heterocycles. The van der Waals surface area contributed by atoms with Crippen molar-refractivity contribution in [1.82, 2.24) is 0 Å². The normalized spacial score (nSPS) is 28.6. The fourth-order valence-corrected chi connectivity index (χ4v) is 3.18. The first-order valence-corrected chi connectivity index (χ1v) is 7.02. The van der Waals surface area contributed by atoms with Crippen LogP contribution in [-0.2, 0) is 6.42 Å². The monoisotopic (exact) mass is 249 g/mol. The quantitative estimate of drug-likeness (QED) is 0.863. The Labute approximate surface area is 110 Å². The second kappa shape index (κ2) is 5.40. The van der Waals surface area contributed by atoms with Gasteiger partial charge in [0.1, 0.15) is 5.82 Å². The van der Waals surface area contributed by atoms with Crippen molar-refractivity contribution in [2.75, 3.05) is 0 Å². The highest BCUT2D eigenvalue weighted by Gasteiger charge is 2.33. The number of nitrogens with two attached hydrogens (primary N) is 1. The molecule has 2 rings (SSSR count). The minimum absolute atomic E-state index is 0.0922. The maximum atomic E-state index is 12.9. The van der Waals surface area contributed by atoms with Crippen molar-refractivity contribution in [3.63, 3.8) is 0 Å². The summed E-state index contributed by atoms with van der Waals surface area (Å²) >= 11 is 0. The van der Waals surface area contributed by atoms with E-state index >= 15 is 0 Å². The molecule has 1 aromatic carbocycles. The topological polar surface area (TPSA) is 26.0 Å². The zero-order valence-electron chi connectivity index (χ0n) is 11.5. The van der Waals surface area contributed by atoms with E-state index in [0.29, 0.717) is 5.92 Å². The predicted molar refractivity (Wildman–Crippen MR) is 73.8 cm³/mol. The van der Waals surface area contributed by atoms with Crippen molar-refractivity contribution in [3.05, 3.63) is 35.6 Å². The molecule has 2 unspecified atom stereocenters. The first kappa shape index (κ1) is 13.5. The molecule has 1 fully saturated rings. The minimum Gasteiger partial charge on any atom is -0.325 e. The Morgan fingerprint density at radius 3 is 2.61 bits per heavy atom. The third-order valence-corrected chi connectivity index (χ3v) is 4.33. The molecular formula is C16H24FN. The van der Waals surface area contributed by atoms with Gasteiger partial charge in [-0.2, -0.15) is 0 Å². The second-order valence-corrected chi connectivity index (χ2v) is 6.27. The van der Waals surface area contributed by atoms with Gasteiger partial charge in [0.25, 0.3) is 0 Å². The van der Waals surface area contributed by atoms with E-state index in [-0.39, 0.29) is 11.4 Å². The smallest absolute Gasteiger partial charge is 0.123 e. The van der Waals surface area contributed by atoms with Gasteiger partial charge in [-0.3, -0.25) is 0 Å². The first-order chi connectivity index (χ1) is 8.48. The van der Waals surface area contributed by atoms with Crippen LogP contribution in [0.1, 0.15) is 45.1 Å². The maximum absolute atomic E-state index is 12.9. The molecule has 0 spiro atoms. The van der Waals surface area contributed by atoms with Gasteiger partial charge in [-0.15, -0.1) is 0 Å². The van der Waals surface area contributed by atoms with E-state index in [9.17, 15) is 4.39 Å². The summed E-state index contributed by atoms with van der Waals surface area (Å²) in [7, 11) is 0. The standard InChI is InChI=1S/C16H24FN/c1-12(2)14-4-3-9-16(18,11-14)10-13-5-7-15(17)8-6-13/h5-8,12,14H,3-4,9-11,18H2,1-2H3. The molecule has 1 nitrogen and oxygen atoms in total. The largest absolute Gasteiger partial charge is 0.325 e. The predicted octanol–water partition coefficient (Wildman–Crippen LogP) is 3.91. The van der Waals surface area contributed by atoms with Crippen molar-refractivity contribution in [2.45, 2.75) is 51.5 Å². The van der Waals surface area contributed by atoms with Crippen molar-refractivity contribution in [2.24, 2.45) is 17.6 Å². The van der Waals surface area contributed by atoms with E-state index in [2.05, 4.69) is 13.8 Å². The number of hydrogen-bond acceptors (Lipinski definition) is 1. The van der Waals surface area contributed by atoms with Gasteiger partial charge < -0.3 is 5.73 Å². The molecule has 2 heteroatoms. The van der Waals surface area contributed by atoms with Crippen LogP contribution >= 0.6 is 0 Å². The SMILES string of the molecule is CC(C)C1CCCC(N)(Cc2ccc(F)cc2)C1. The molecular weight excluding hydrogens is 225 g/mol. The number of halogens is 1. The lowest BCUT2D eigenvalue weighted by atomic mass is 9.70. The third-order valence-electron chi connectivity index (χ3n) is 4.33. The summed E-state index contributed by atoms with van der Waals surface area (Å²) < 4.78 is 12.9. The Morgan fingerprint density at radius 2 is 2.00 bits per heavy atom. The lowest BCUT2D eigenvalue weighted by Gasteiger charge is -2.40. The summed E-state index contributed by atoms with van der Waals surface area (Å²) in [5.74, 6) is 1.28. The molecule has 0 heterocycles. The van der Waals surface area contributed by atoms with Gasteiger partial charge in [-0.1, -0.05) is 38.8 Å². The van der Waals surface area contributed by atoms with Crippen LogP contribution in [0.5, 0.6) is 0 Å². The van der Waals surface area contributed by atoms with Gasteiger partial charge in [0, 0.05) is 5.54 Å². The average Bonchev–Trinajstić information content (AvgIpc) is 2.32. The van der Waals surface area contributed by atoms with Crippen molar-refractivity contribution < 1.29 is 4.39 Å². The summed E-state index contributed by atoms with van der Waals surface area (Å²) in [6, 6.07) is 6.79. The molecule has 0 saturated heterocycles. The van der Waals surface area contributed by atoms with Crippen LogP contribution < -0.4 is 5.73 Å². The Morgan fingerprint density at radius 1 is 1.33 bits per heavy atom. The van der Waals surface area contributed by atoms with Gasteiger partial charge >= 0.3 is 0 Å². The summed E-state index contributed by atoms with van der Waals surface area (Å²) in [6.07, 6.45) is 5.59. The molecule has 2 N–H and O–H groups in total. The highest BCUT2D eigenvalue weighted by atomic mass is 19.1. The molecule has 1 aliphatic carbocycles. The zero-order chi connectivity index (χ0) is 13.2. The summed E-state index contributed by atoms with van der Waals surface area (Å²) in [5.41, 5.74) is 7.63. The van der Waals surface area contributed by atoms with Crippen LogP contribution in [0.25, 0.3) is 0 Å². The van der Waals surface area contributed by atoms with Gasteiger partial charge in [0.15, 0.2) is 0 Å². The minimum atomic E-state index is -0.173. The fourth-order valence-electron chi connectivity index (χ4n) is 3.18. The van der Waals surface area contributed by atoms with Crippen LogP contribution in [0.4, 0.5) is 4.39 Å². The van der Waals surface area contributed by atoms with E-state index in [0.717, 1.165) is 30.7 Å². The van der Waals surface area contributed by atoms with E-state index in [1.54, 1.807) is 0 Å². The second-order valence-electron chi connectivity index (χ2n) is 6.27. The molecule has 0 amide bonds. The molecule has 1 aliphatic rings. The van der Waals surface area contributed by atoms with Gasteiger partial charge in [-0.25, -0.2) is 4.39 Å². The van der Waals surface area contributed by atoms with Gasteiger partial charge in [0.05, 0.1) is 0 Å². The molecule has 100 valence electrons. The lowest BCUT2D eigenvalue weighted by Crippen LogP contribution is -2.47. The molecule has 0 aliphatic heterocycles. The number of hydrogen-bond donors (Lipinski definition) is 1. The van der Waals surface area contributed by atoms with E-state index < -0.39 is 0 Å². The van der Waals surface area contributed by atoms with Gasteiger partial charge in [0.2, 0.25) is 0 Å². The Hall–Kier alpha value is -0.890. The van der Waals surface area contributed by atoms with E-state index in [1.165, 1.54) is 25.0 Å². The third kappa shape index (κ3) is 3.32. The molecule has 18 heavy (non-hydrogen) atoms. The van der Waals surface area contributed by atoms with Crippen molar-refractivity contribution >= 4 is 0 Å². The highest BCUT2D eigenvalue weighted by Crippen LogP contribution is 2.36. The first-order valence-electron chi connectivity index (χ1n) is 7.02. The fraction of sp³-hybridized carbons (Fsp3) is 0.625. The Balaban J connectivity index is 2.04. The molecule has 0 bridgehead atoms. The van der Waals surface area contributed by atoms with Crippen LogP contribution in [0.3, 0.4) is 0 Å². The average molecular weight is 249 g/mol. The van der Waals surface area contributed by atoms with Crippen LogP contribution in [-0.4, -0.2) is 5.54 Å². The molecule has 0 radical (unpaired) electrons. The molecule has 2 atom stereocenters. The Bertz CT molecular complexity index is 385. The zero-order valence-corrected chi connectivity index (χ0v) is 11.5. The van der Waals surface area contributed by atoms with Gasteiger partial charge in [-0.05, 0) is 48.8 Å². The lowest BCUT2D eigenvalue weighted by molar-refractivity contribution is 0.182. The molecule has 1 saturated carbocycles. The van der Waals surface area contributed by atoms with Crippen LogP contribution in [0, 0.1) is 17.7 Å². The summed E-state index contributed by atoms with van der Waals surface area (Å²) in [5, 5.41) is 0. The van der Waals surface area contributed by atoms with Crippen LogP contribution in [0.15, 0.2) is 24.3 Å². The van der Waals surface area contributed by atoms with Crippen molar-refractivity contribution in [1.29, 1.82) is 0 Å². The maximum Gasteiger partial charge on any atom is 0.123 e. The summed E-state index contributed by atoms with van der Waals surface area (Å²) in [6.45, 7) is 4.57. The number of rotatable bonds is 3. The van der Waals surface area contributed by atoms with E-state index in [4.69, 9.17) is 5.73 Å². The molecule has 1 aromatic rings. The number of benzene rings is 1. The van der Waals surface area contributed by atoms with E-state index in [1.807, 2.05) is 12.1 Å². The van der Waals surface area contributed by atoms with Crippen LogP contribution in [0.2, 0.25) is 0 Å². The highest BCUT2D eigenvalue weighted by molar-refractivity contribution is 5.19. The summed E-state index contributed by atoms with van der Waals surface area (Å²) in [4.78, 5) is 0. The van der Waals surface area contributed by atoms with Crippen molar-refractivity contribution in [3.8, 4) is 0 Å².